The molecule has 18 heavy (non-hydrogen) atoms. The van der Waals surface area contributed by atoms with Crippen molar-refractivity contribution in [2.24, 2.45) is 0 Å². The number of aliphatic hydroxyl groups excluding tert-OH is 1. The fraction of sp³-hybridized carbons (Fsp3) is 0.733. The minimum absolute atomic E-state index is 0.410. The Morgan fingerprint density at radius 1 is 1.44 bits per heavy atom. The summed E-state index contributed by atoms with van der Waals surface area (Å²) >= 11 is 0. The lowest BCUT2D eigenvalue weighted by atomic mass is 9.95. The molecule has 1 rings (SSSR count). The van der Waals surface area contributed by atoms with Crippen molar-refractivity contribution in [1.82, 2.24) is 0 Å². The molecule has 0 aromatic heterocycles. The first-order valence-electron chi connectivity index (χ1n) is 6.71. The van der Waals surface area contributed by atoms with Crippen LogP contribution in [-0.4, -0.2) is 29.2 Å². The van der Waals surface area contributed by atoms with Crippen LogP contribution in [0.1, 0.15) is 46.5 Å². The number of hydrogen-bond acceptors (Lipinski definition) is 3. The normalized spacial score (nSPS) is 28.0. The van der Waals surface area contributed by atoms with Gasteiger partial charge in [-0.3, -0.25) is 0 Å². The summed E-state index contributed by atoms with van der Waals surface area (Å²) in [7, 11) is 0. The zero-order valence-corrected chi connectivity index (χ0v) is 11.9. The first kappa shape index (κ1) is 15.4. The van der Waals surface area contributed by atoms with Gasteiger partial charge in [0.1, 0.15) is 0 Å². The number of rotatable bonds is 7. The second-order valence-corrected chi connectivity index (χ2v) is 5.38. The van der Waals surface area contributed by atoms with Crippen molar-refractivity contribution in [3.8, 4) is 0 Å². The highest BCUT2D eigenvalue weighted by Gasteiger charge is 2.46. The van der Waals surface area contributed by atoms with Crippen molar-refractivity contribution in [2.45, 2.75) is 63.9 Å². The summed E-state index contributed by atoms with van der Waals surface area (Å²) in [5.41, 5.74) is 0.439. The predicted molar refractivity (Wildman–Crippen MR) is 73.3 cm³/mol. The fourth-order valence-corrected chi connectivity index (χ4v) is 2.45. The van der Waals surface area contributed by atoms with E-state index in [1.807, 2.05) is 6.92 Å². The Kier molecular flexibility index (Phi) is 5.14. The van der Waals surface area contributed by atoms with Crippen molar-refractivity contribution in [1.29, 1.82) is 0 Å². The van der Waals surface area contributed by atoms with E-state index in [2.05, 4.69) is 27.0 Å². The summed E-state index contributed by atoms with van der Waals surface area (Å²) in [5, 5.41) is 10.0. The fourth-order valence-electron chi connectivity index (χ4n) is 2.45. The first-order valence-corrected chi connectivity index (χ1v) is 6.71. The van der Waals surface area contributed by atoms with E-state index in [0.29, 0.717) is 19.4 Å². The minimum atomic E-state index is -0.468. The Hall–Kier alpha value is -0.640. The molecule has 3 nitrogen and oxygen atoms in total. The summed E-state index contributed by atoms with van der Waals surface area (Å²) in [6, 6.07) is 0. The molecular weight excluding hydrogens is 228 g/mol. The van der Waals surface area contributed by atoms with Crippen LogP contribution in [0, 0.1) is 0 Å². The van der Waals surface area contributed by atoms with Gasteiger partial charge in [-0.15, -0.1) is 0 Å². The molecule has 2 atom stereocenters. The molecule has 1 heterocycles. The van der Waals surface area contributed by atoms with Gasteiger partial charge in [-0.1, -0.05) is 38.7 Å². The van der Waals surface area contributed by atoms with E-state index >= 15 is 0 Å². The standard InChI is InChI=1S/C15H26O3/c1-6-12(4)9-13(16)10-14(5)11-17-15(7-2,8-3)18-14/h6,13,16H,1,4,7-11H2,2-3,5H3/t13-,14-/m0/s1. The van der Waals surface area contributed by atoms with Gasteiger partial charge < -0.3 is 14.6 Å². The molecule has 1 saturated heterocycles. The van der Waals surface area contributed by atoms with Crippen LogP contribution in [-0.2, 0) is 9.47 Å². The third kappa shape index (κ3) is 3.67. The summed E-state index contributed by atoms with van der Waals surface area (Å²) in [6.07, 6.45) is 3.96. The van der Waals surface area contributed by atoms with Crippen molar-refractivity contribution in [3.63, 3.8) is 0 Å². The Labute approximate surface area is 110 Å². The molecule has 0 radical (unpaired) electrons. The molecule has 104 valence electrons. The van der Waals surface area contributed by atoms with Gasteiger partial charge in [-0.05, 0) is 26.2 Å². The lowest BCUT2D eigenvalue weighted by molar-refractivity contribution is -0.192. The van der Waals surface area contributed by atoms with Gasteiger partial charge in [-0.2, -0.15) is 0 Å². The van der Waals surface area contributed by atoms with Gasteiger partial charge in [0.05, 0.1) is 18.3 Å². The molecule has 1 aliphatic rings. The molecule has 0 bridgehead atoms. The second-order valence-electron chi connectivity index (χ2n) is 5.38. The predicted octanol–water partition coefficient (Wildman–Crippen LogP) is 3.19. The van der Waals surface area contributed by atoms with E-state index < -0.39 is 17.5 Å². The summed E-state index contributed by atoms with van der Waals surface area (Å²) < 4.78 is 11.9. The van der Waals surface area contributed by atoms with Crippen molar-refractivity contribution >= 4 is 0 Å². The van der Waals surface area contributed by atoms with Crippen molar-refractivity contribution in [2.75, 3.05) is 6.61 Å². The highest BCUT2D eigenvalue weighted by Crippen LogP contribution is 2.38. The van der Waals surface area contributed by atoms with E-state index in [1.165, 1.54) is 0 Å². The summed E-state index contributed by atoms with van der Waals surface area (Å²) in [4.78, 5) is 0. The first-order chi connectivity index (χ1) is 8.38. The Morgan fingerprint density at radius 2 is 2.06 bits per heavy atom. The SMILES string of the molecule is C=CC(=C)C[C@H](O)C[C@@]1(C)COC(CC)(CC)O1. The third-order valence-electron chi connectivity index (χ3n) is 3.60. The molecule has 1 N–H and O–H groups in total. The van der Waals surface area contributed by atoms with Crippen LogP contribution < -0.4 is 0 Å². The van der Waals surface area contributed by atoms with Gasteiger partial charge in [0.15, 0.2) is 5.79 Å². The minimum Gasteiger partial charge on any atom is -0.393 e. The summed E-state index contributed by atoms with van der Waals surface area (Å²) in [6.45, 7) is 14.1. The monoisotopic (exact) mass is 254 g/mol. The maximum Gasteiger partial charge on any atom is 0.168 e. The number of allylic oxidation sites excluding steroid dienone is 1. The van der Waals surface area contributed by atoms with Crippen molar-refractivity contribution in [3.05, 3.63) is 24.8 Å². The van der Waals surface area contributed by atoms with Crippen LogP contribution in [0.3, 0.4) is 0 Å². The molecule has 1 aliphatic heterocycles. The maximum absolute atomic E-state index is 10.0. The second kappa shape index (κ2) is 6.00. The van der Waals surface area contributed by atoms with E-state index in [-0.39, 0.29) is 0 Å². The van der Waals surface area contributed by atoms with E-state index in [9.17, 15) is 5.11 Å². The van der Waals surface area contributed by atoms with Crippen LogP contribution >= 0.6 is 0 Å². The number of ether oxygens (including phenoxy) is 2. The van der Waals surface area contributed by atoms with E-state index in [0.717, 1.165) is 18.4 Å². The zero-order valence-electron chi connectivity index (χ0n) is 11.9. The van der Waals surface area contributed by atoms with Gasteiger partial charge >= 0.3 is 0 Å². The lowest BCUT2D eigenvalue weighted by Gasteiger charge is -2.30. The Morgan fingerprint density at radius 3 is 2.50 bits per heavy atom. The quantitative estimate of drug-likeness (QED) is 0.709. The highest BCUT2D eigenvalue weighted by molar-refractivity contribution is 5.12. The van der Waals surface area contributed by atoms with Crippen molar-refractivity contribution < 1.29 is 14.6 Å². The largest absolute Gasteiger partial charge is 0.393 e. The number of hydrogen-bond donors (Lipinski definition) is 1. The molecule has 0 aromatic carbocycles. The van der Waals surface area contributed by atoms with Crippen LogP contribution in [0.25, 0.3) is 0 Å². The van der Waals surface area contributed by atoms with Gasteiger partial charge in [-0.25, -0.2) is 0 Å². The van der Waals surface area contributed by atoms with Crippen LogP contribution in [0.15, 0.2) is 24.8 Å². The van der Waals surface area contributed by atoms with Gasteiger partial charge in [0.25, 0.3) is 0 Å². The zero-order chi connectivity index (χ0) is 13.8. The summed E-state index contributed by atoms with van der Waals surface area (Å²) in [5.74, 6) is -0.468. The topological polar surface area (TPSA) is 38.7 Å². The molecule has 0 unspecified atom stereocenters. The van der Waals surface area contributed by atoms with E-state index in [1.54, 1.807) is 6.08 Å². The molecule has 0 spiro atoms. The Bertz CT molecular complexity index is 307. The average Bonchev–Trinajstić information content (AvgIpc) is 2.67. The highest BCUT2D eigenvalue weighted by atomic mass is 16.8. The number of aliphatic hydroxyl groups is 1. The average molecular weight is 254 g/mol. The lowest BCUT2D eigenvalue weighted by Crippen LogP contribution is -2.36. The Balaban J connectivity index is 2.57. The van der Waals surface area contributed by atoms with Crippen LogP contribution in [0.2, 0.25) is 0 Å². The molecule has 0 aliphatic carbocycles. The van der Waals surface area contributed by atoms with Gasteiger partial charge in [0.2, 0.25) is 0 Å². The van der Waals surface area contributed by atoms with Crippen LogP contribution in [0.5, 0.6) is 0 Å². The van der Waals surface area contributed by atoms with Crippen LogP contribution in [0.4, 0.5) is 0 Å². The molecule has 0 aromatic rings. The molecule has 3 heteroatoms. The van der Waals surface area contributed by atoms with E-state index in [4.69, 9.17) is 9.47 Å². The van der Waals surface area contributed by atoms with Gasteiger partial charge in [0, 0.05) is 6.42 Å². The molecular formula is C15H26O3. The third-order valence-corrected chi connectivity index (χ3v) is 3.60. The smallest absolute Gasteiger partial charge is 0.168 e. The maximum atomic E-state index is 10.0. The molecule has 0 saturated carbocycles. The molecule has 0 amide bonds. The molecule has 1 fully saturated rings.